The van der Waals surface area contributed by atoms with E-state index < -0.39 is 5.97 Å². The van der Waals surface area contributed by atoms with E-state index in [2.05, 4.69) is 15.0 Å². The van der Waals surface area contributed by atoms with Gasteiger partial charge in [0.1, 0.15) is 41.8 Å². The SMILES string of the molecule is CCCO/N=C(\COc1ccc(O)c(C(=O)OC)c1)c1cc(-c2ccc(F)cc2)no1. The molecule has 0 aliphatic rings. The van der Waals surface area contributed by atoms with Crippen LogP contribution in [0.3, 0.4) is 0 Å². The van der Waals surface area contributed by atoms with Gasteiger partial charge in [0.25, 0.3) is 0 Å². The lowest BCUT2D eigenvalue weighted by Gasteiger charge is -2.09. The number of methoxy groups -OCH3 is 1. The summed E-state index contributed by atoms with van der Waals surface area (Å²) in [5.74, 6) is -0.654. The van der Waals surface area contributed by atoms with E-state index in [1.54, 1.807) is 18.2 Å². The van der Waals surface area contributed by atoms with Gasteiger partial charge in [-0.25, -0.2) is 9.18 Å². The number of hydrogen-bond acceptors (Lipinski definition) is 8. The zero-order valence-electron chi connectivity index (χ0n) is 17.0. The second kappa shape index (κ2) is 10.2. The van der Waals surface area contributed by atoms with Gasteiger partial charge in [0.05, 0.1) is 7.11 Å². The minimum Gasteiger partial charge on any atom is -0.507 e. The molecule has 3 rings (SSSR count). The van der Waals surface area contributed by atoms with Gasteiger partial charge in [0.15, 0.2) is 11.5 Å². The highest BCUT2D eigenvalue weighted by molar-refractivity contribution is 5.99. The standard InChI is InChI=1S/C22H21FN2O6/c1-3-10-30-24-19(13-29-16-8-9-20(26)17(11-16)22(27)28-2)21-12-18(25-31-21)14-4-6-15(23)7-5-14/h4-9,11-12,26H,3,10,13H2,1-2H3/b24-19+. The summed E-state index contributed by atoms with van der Waals surface area (Å²) < 4.78 is 28.9. The van der Waals surface area contributed by atoms with E-state index in [1.807, 2.05) is 6.92 Å². The summed E-state index contributed by atoms with van der Waals surface area (Å²) in [5, 5.41) is 17.9. The van der Waals surface area contributed by atoms with Crippen molar-refractivity contribution < 1.29 is 33.1 Å². The summed E-state index contributed by atoms with van der Waals surface area (Å²) in [6, 6.07) is 11.7. The lowest BCUT2D eigenvalue weighted by molar-refractivity contribution is 0.0597. The first kappa shape index (κ1) is 21.8. The number of hydrogen-bond donors (Lipinski definition) is 1. The molecular weight excluding hydrogens is 407 g/mol. The highest BCUT2D eigenvalue weighted by atomic mass is 19.1. The van der Waals surface area contributed by atoms with Crippen LogP contribution in [0.1, 0.15) is 29.5 Å². The van der Waals surface area contributed by atoms with Crippen LogP contribution in [-0.2, 0) is 9.57 Å². The molecule has 0 aliphatic carbocycles. The Labute approximate surface area is 177 Å². The number of ether oxygens (including phenoxy) is 2. The lowest BCUT2D eigenvalue weighted by atomic mass is 10.1. The summed E-state index contributed by atoms with van der Waals surface area (Å²) in [6.45, 7) is 2.28. The van der Waals surface area contributed by atoms with Gasteiger partial charge in [0, 0.05) is 11.6 Å². The Morgan fingerprint density at radius 1 is 1.19 bits per heavy atom. The Hall–Kier alpha value is -3.88. The average Bonchev–Trinajstić information content (AvgIpc) is 3.27. The highest BCUT2D eigenvalue weighted by Crippen LogP contribution is 2.24. The van der Waals surface area contributed by atoms with Crippen molar-refractivity contribution in [1.82, 2.24) is 5.16 Å². The maximum Gasteiger partial charge on any atom is 0.341 e. The summed E-state index contributed by atoms with van der Waals surface area (Å²) in [5.41, 5.74) is 1.46. The van der Waals surface area contributed by atoms with E-state index in [4.69, 9.17) is 14.1 Å². The van der Waals surface area contributed by atoms with Crippen LogP contribution in [0.25, 0.3) is 11.3 Å². The van der Waals surface area contributed by atoms with Gasteiger partial charge in [-0.05, 0) is 48.9 Å². The number of aromatic nitrogens is 1. The first-order valence-electron chi connectivity index (χ1n) is 9.47. The first-order valence-corrected chi connectivity index (χ1v) is 9.47. The molecule has 0 saturated carbocycles. The molecule has 1 aromatic heterocycles. The van der Waals surface area contributed by atoms with Gasteiger partial charge in [0.2, 0.25) is 0 Å². The molecule has 0 spiro atoms. The summed E-state index contributed by atoms with van der Waals surface area (Å²) in [4.78, 5) is 17.0. The van der Waals surface area contributed by atoms with E-state index in [0.29, 0.717) is 35.1 Å². The molecule has 2 aromatic carbocycles. The topological polar surface area (TPSA) is 103 Å². The van der Waals surface area contributed by atoms with Gasteiger partial charge >= 0.3 is 5.97 Å². The van der Waals surface area contributed by atoms with Gasteiger partial charge in [-0.2, -0.15) is 0 Å². The monoisotopic (exact) mass is 428 g/mol. The van der Waals surface area contributed by atoms with Crippen LogP contribution in [0.2, 0.25) is 0 Å². The van der Waals surface area contributed by atoms with Crippen molar-refractivity contribution in [1.29, 1.82) is 0 Å². The average molecular weight is 428 g/mol. The Bertz CT molecular complexity index is 1060. The molecule has 1 N–H and O–H groups in total. The molecule has 0 aliphatic heterocycles. The number of carbonyl (C=O) groups is 1. The van der Waals surface area contributed by atoms with Crippen LogP contribution in [0, 0.1) is 5.82 Å². The molecule has 1 heterocycles. The third kappa shape index (κ3) is 5.59. The quantitative estimate of drug-likeness (QED) is 0.236. The minimum atomic E-state index is -0.692. The molecule has 0 atom stereocenters. The fourth-order valence-corrected chi connectivity index (χ4v) is 2.56. The van der Waals surface area contributed by atoms with Crippen molar-refractivity contribution >= 4 is 11.7 Å². The Morgan fingerprint density at radius 3 is 2.68 bits per heavy atom. The zero-order chi connectivity index (χ0) is 22.2. The number of rotatable bonds is 9. The van der Waals surface area contributed by atoms with E-state index in [0.717, 1.165) is 6.42 Å². The van der Waals surface area contributed by atoms with Gasteiger partial charge < -0.3 is 23.9 Å². The number of benzene rings is 2. The fraction of sp³-hybridized carbons (Fsp3) is 0.227. The van der Waals surface area contributed by atoms with Crippen LogP contribution in [0.4, 0.5) is 4.39 Å². The predicted octanol–water partition coefficient (Wildman–Crippen LogP) is 4.18. The number of phenolic OH excluding ortho intramolecular Hbond substituents is 1. The molecule has 9 heteroatoms. The Balaban J connectivity index is 1.80. The number of esters is 1. The van der Waals surface area contributed by atoms with Gasteiger partial charge in [-0.15, -0.1) is 0 Å². The van der Waals surface area contributed by atoms with Crippen molar-refractivity contribution in [2.24, 2.45) is 5.16 Å². The number of oxime groups is 1. The number of halogens is 1. The highest BCUT2D eigenvalue weighted by Gasteiger charge is 2.17. The van der Waals surface area contributed by atoms with E-state index >= 15 is 0 Å². The molecule has 31 heavy (non-hydrogen) atoms. The number of aromatic hydroxyl groups is 1. The van der Waals surface area contributed by atoms with Crippen molar-refractivity contribution in [2.75, 3.05) is 20.3 Å². The van der Waals surface area contributed by atoms with E-state index in [1.165, 1.54) is 37.4 Å². The second-order valence-electron chi connectivity index (χ2n) is 6.41. The molecule has 0 bridgehead atoms. The van der Waals surface area contributed by atoms with Crippen molar-refractivity contribution in [2.45, 2.75) is 13.3 Å². The molecular formula is C22H21FN2O6. The zero-order valence-corrected chi connectivity index (χ0v) is 17.0. The summed E-state index contributed by atoms with van der Waals surface area (Å²) >= 11 is 0. The summed E-state index contributed by atoms with van der Waals surface area (Å²) in [7, 11) is 1.22. The molecule has 3 aromatic rings. The van der Waals surface area contributed by atoms with E-state index in [-0.39, 0.29) is 23.7 Å². The third-order valence-electron chi connectivity index (χ3n) is 4.15. The molecule has 0 fully saturated rings. The third-order valence-corrected chi connectivity index (χ3v) is 4.15. The van der Waals surface area contributed by atoms with Crippen LogP contribution in [0.5, 0.6) is 11.5 Å². The van der Waals surface area contributed by atoms with Gasteiger partial charge in [-0.3, -0.25) is 0 Å². The van der Waals surface area contributed by atoms with Crippen LogP contribution in [-0.4, -0.2) is 42.3 Å². The van der Waals surface area contributed by atoms with Crippen LogP contribution in [0.15, 0.2) is 58.2 Å². The van der Waals surface area contributed by atoms with Crippen molar-refractivity contribution in [3.63, 3.8) is 0 Å². The molecule has 8 nitrogen and oxygen atoms in total. The summed E-state index contributed by atoms with van der Waals surface area (Å²) in [6.07, 6.45) is 0.759. The number of phenols is 1. The smallest absolute Gasteiger partial charge is 0.341 e. The predicted molar refractivity (Wildman–Crippen MR) is 110 cm³/mol. The van der Waals surface area contributed by atoms with Crippen molar-refractivity contribution in [3.8, 4) is 22.8 Å². The number of carbonyl (C=O) groups excluding carboxylic acids is 1. The Morgan fingerprint density at radius 2 is 1.97 bits per heavy atom. The minimum absolute atomic E-state index is 0.0287. The lowest BCUT2D eigenvalue weighted by Crippen LogP contribution is -2.14. The van der Waals surface area contributed by atoms with Crippen molar-refractivity contribution in [3.05, 3.63) is 65.7 Å². The fourth-order valence-electron chi connectivity index (χ4n) is 2.56. The molecule has 0 amide bonds. The van der Waals surface area contributed by atoms with E-state index in [9.17, 15) is 14.3 Å². The maximum absolute atomic E-state index is 13.2. The molecule has 0 unspecified atom stereocenters. The number of nitrogens with zero attached hydrogens (tertiary/aromatic N) is 2. The molecule has 0 radical (unpaired) electrons. The van der Waals surface area contributed by atoms with Crippen LogP contribution < -0.4 is 4.74 Å². The van der Waals surface area contributed by atoms with Crippen LogP contribution >= 0.6 is 0 Å². The molecule has 0 saturated heterocycles. The second-order valence-corrected chi connectivity index (χ2v) is 6.41. The normalized spacial score (nSPS) is 11.3. The van der Waals surface area contributed by atoms with Gasteiger partial charge in [-0.1, -0.05) is 17.2 Å². The Kier molecular flexibility index (Phi) is 7.21. The largest absolute Gasteiger partial charge is 0.507 e. The maximum atomic E-state index is 13.2. The first-order chi connectivity index (χ1) is 15.0. The molecule has 162 valence electrons.